The van der Waals surface area contributed by atoms with E-state index in [1.165, 1.54) is 0 Å². The number of rotatable bonds is 5. The number of hydrogen-bond acceptors (Lipinski definition) is 3. The van der Waals surface area contributed by atoms with E-state index in [-0.39, 0.29) is 6.04 Å². The summed E-state index contributed by atoms with van der Waals surface area (Å²) < 4.78 is 5.20. The molecule has 0 aliphatic rings. The lowest BCUT2D eigenvalue weighted by molar-refractivity contribution is 0.215. The van der Waals surface area contributed by atoms with Crippen LogP contribution in [0.25, 0.3) is 5.57 Å². The zero-order valence-electron chi connectivity index (χ0n) is 14.5. The Morgan fingerprint density at radius 3 is 2.52 bits per heavy atom. The predicted molar refractivity (Wildman–Crippen MR) is 105 cm³/mol. The van der Waals surface area contributed by atoms with Crippen LogP contribution in [0.4, 0.5) is 10.5 Å². The van der Waals surface area contributed by atoms with Crippen molar-refractivity contribution in [1.82, 2.24) is 0 Å². The second-order valence-electron chi connectivity index (χ2n) is 5.64. The predicted octanol–water partition coefficient (Wildman–Crippen LogP) is 5.83. The smallest absolute Gasteiger partial charge is 0.410 e. The average molecular weight is 357 g/mol. The van der Waals surface area contributed by atoms with Crippen molar-refractivity contribution in [3.8, 4) is 5.75 Å². The Hall–Kier alpha value is -2.59. The van der Waals surface area contributed by atoms with Crippen LogP contribution in [0.2, 0.25) is 5.02 Å². The van der Waals surface area contributed by atoms with Gasteiger partial charge < -0.3 is 4.74 Å². The van der Waals surface area contributed by atoms with Crippen molar-refractivity contribution in [1.29, 1.82) is 0 Å². The van der Waals surface area contributed by atoms with Gasteiger partial charge in [0.25, 0.3) is 0 Å². The summed E-state index contributed by atoms with van der Waals surface area (Å²) in [6.07, 6.45) is 3.19. The van der Waals surface area contributed by atoms with Gasteiger partial charge in [0.15, 0.2) is 0 Å². The Kier molecular flexibility index (Phi) is 6.78. The molecule has 5 heteroatoms. The van der Waals surface area contributed by atoms with E-state index in [0.29, 0.717) is 16.5 Å². The maximum absolute atomic E-state index is 11.9. The van der Waals surface area contributed by atoms with Gasteiger partial charge in [-0.25, -0.2) is 4.79 Å². The fraction of sp³-hybridized carbons (Fsp3) is 0.200. The molecule has 0 atom stereocenters. The summed E-state index contributed by atoms with van der Waals surface area (Å²) in [6, 6.07) is 14.4. The third kappa shape index (κ3) is 5.76. The van der Waals surface area contributed by atoms with Crippen LogP contribution in [0.1, 0.15) is 26.3 Å². The number of amides is 1. The van der Waals surface area contributed by atoms with Crippen molar-refractivity contribution < 1.29 is 9.53 Å². The second-order valence-corrected chi connectivity index (χ2v) is 6.05. The molecule has 0 bridgehead atoms. The molecule has 0 aliphatic carbocycles. The van der Waals surface area contributed by atoms with Gasteiger partial charge in [-0.2, -0.15) is 0 Å². The number of halogens is 1. The highest BCUT2D eigenvalue weighted by Crippen LogP contribution is 2.26. The third-order valence-electron chi connectivity index (χ3n) is 3.30. The van der Waals surface area contributed by atoms with E-state index in [1.54, 1.807) is 36.4 Å². The van der Waals surface area contributed by atoms with Gasteiger partial charge in [-0.3, -0.25) is 10.3 Å². The molecule has 1 N–H and O–H groups in total. The van der Waals surface area contributed by atoms with E-state index in [2.05, 4.69) is 10.3 Å². The molecule has 0 heterocycles. The summed E-state index contributed by atoms with van der Waals surface area (Å²) in [5, 5.41) is 3.20. The Balaban J connectivity index is 2.09. The van der Waals surface area contributed by atoms with Gasteiger partial charge >= 0.3 is 6.09 Å². The number of anilines is 1. The van der Waals surface area contributed by atoms with Crippen LogP contribution in [0.5, 0.6) is 5.75 Å². The number of benzene rings is 2. The fourth-order valence-corrected chi connectivity index (χ4v) is 2.38. The Morgan fingerprint density at radius 1 is 1.20 bits per heavy atom. The molecular weight excluding hydrogens is 336 g/mol. The lowest BCUT2D eigenvalue weighted by Gasteiger charge is -2.10. The van der Waals surface area contributed by atoms with E-state index in [9.17, 15) is 4.79 Å². The van der Waals surface area contributed by atoms with Crippen molar-refractivity contribution in [2.45, 2.75) is 26.8 Å². The van der Waals surface area contributed by atoms with Gasteiger partial charge in [0.2, 0.25) is 0 Å². The standard InChI is InChI=1S/C20H21ClN2O2/c1-4-15(13-22-14(2)3)18-11-10-16(12-19(18)21)23-20(24)25-17-8-6-5-7-9-17/h4-14H,1-3H3,(H,23,24)/b15-4+,22-13-. The summed E-state index contributed by atoms with van der Waals surface area (Å²) in [7, 11) is 0. The highest BCUT2D eigenvalue weighted by atomic mass is 35.5. The van der Waals surface area contributed by atoms with E-state index >= 15 is 0 Å². The topological polar surface area (TPSA) is 50.7 Å². The molecule has 1 amide bonds. The lowest BCUT2D eigenvalue weighted by atomic mass is 10.1. The summed E-state index contributed by atoms with van der Waals surface area (Å²) in [5.41, 5.74) is 2.35. The molecule has 25 heavy (non-hydrogen) atoms. The van der Waals surface area contributed by atoms with E-state index in [0.717, 1.165) is 11.1 Å². The maximum Gasteiger partial charge on any atom is 0.417 e. The highest BCUT2D eigenvalue weighted by Gasteiger charge is 2.09. The number of nitrogens with one attached hydrogen (secondary N) is 1. The number of carbonyl (C=O) groups excluding carboxylic acids is 1. The minimum atomic E-state index is -0.567. The first-order chi connectivity index (χ1) is 12.0. The summed E-state index contributed by atoms with van der Waals surface area (Å²) >= 11 is 6.37. The van der Waals surface area contributed by atoms with Crippen LogP contribution < -0.4 is 10.1 Å². The number of allylic oxidation sites excluding steroid dienone is 2. The molecule has 0 fully saturated rings. The zero-order valence-corrected chi connectivity index (χ0v) is 15.2. The van der Waals surface area contributed by atoms with Crippen LogP contribution in [-0.4, -0.2) is 18.3 Å². The maximum atomic E-state index is 11.9. The molecule has 130 valence electrons. The first kappa shape index (κ1) is 18.7. The monoisotopic (exact) mass is 356 g/mol. The van der Waals surface area contributed by atoms with Gasteiger partial charge in [-0.15, -0.1) is 0 Å². The number of nitrogens with zero attached hydrogens (tertiary/aromatic N) is 1. The van der Waals surface area contributed by atoms with Gasteiger partial charge in [-0.05, 0) is 50.6 Å². The van der Waals surface area contributed by atoms with Gasteiger partial charge in [-0.1, -0.05) is 41.9 Å². The quantitative estimate of drug-likeness (QED) is 0.685. The molecule has 0 aliphatic heterocycles. The van der Waals surface area contributed by atoms with Crippen molar-refractivity contribution in [3.05, 3.63) is 65.2 Å². The molecule has 0 unspecified atom stereocenters. The first-order valence-corrected chi connectivity index (χ1v) is 8.40. The minimum Gasteiger partial charge on any atom is -0.410 e. The molecular formula is C20H21ClN2O2. The molecule has 0 saturated heterocycles. The van der Waals surface area contributed by atoms with Crippen LogP contribution in [0.3, 0.4) is 0 Å². The summed E-state index contributed by atoms with van der Waals surface area (Å²) in [6.45, 7) is 5.95. The number of aliphatic imine (C=N–C) groups is 1. The van der Waals surface area contributed by atoms with Crippen molar-refractivity contribution in [2.75, 3.05) is 5.32 Å². The first-order valence-electron chi connectivity index (χ1n) is 8.03. The number of hydrogen-bond donors (Lipinski definition) is 1. The average Bonchev–Trinajstić information content (AvgIpc) is 2.57. The second kappa shape index (κ2) is 9.04. The van der Waals surface area contributed by atoms with Crippen LogP contribution in [-0.2, 0) is 0 Å². The van der Waals surface area contributed by atoms with Crippen LogP contribution in [0.15, 0.2) is 59.6 Å². The largest absolute Gasteiger partial charge is 0.417 e. The van der Waals surface area contributed by atoms with E-state index < -0.39 is 6.09 Å². The fourth-order valence-electron chi connectivity index (χ4n) is 2.09. The molecule has 0 radical (unpaired) electrons. The number of para-hydroxylation sites is 1. The SMILES string of the molecule is C/C=C(\C=N/C(C)C)c1ccc(NC(=O)Oc2ccccc2)cc1Cl. The summed E-state index contributed by atoms with van der Waals surface area (Å²) in [4.78, 5) is 16.3. The molecule has 4 nitrogen and oxygen atoms in total. The minimum absolute atomic E-state index is 0.211. The van der Waals surface area contributed by atoms with Gasteiger partial charge in [0.1, 0.15) is 5.75 Å². The molecule has 0 aromatic heterocycles. The van der Waals surface area contributed by atoms with Gasteiger partial charge in [0, 0.05) is 23.5 Å². The van der Waals surface area contributed by atoms with Crippen LogP contribution >= 0.6 is 11.6 Å². The van der Waals surface area contributed by atoms with Gasteiger partial charge in [0.05, 0.1) is 5.02 Å². The Labute approximate surface area is 153 Å². The molecule has 0 spiro atoms. The zero-order chi connectivity index (χ0) is 18.2. The molecule has 2 aromatic rings. The van der Waals surface area contributed by atoms with Crippen LogP contribution in [0, 0.1) is 0 Å². The van der Waals surface area contributed by atoms with Crippen molar-refractivity contribution >= 4 is 35.2 Å². The highest BCUT2D eigenvalue weighted by molar-refractivity contribution is 6.34. The Bertz CT molecular complexity index is 784. The van der Waals surface area contributed by atoms with Crippen molar-refractivity contribution in [2.24, 2.45) is 4.99 Å². The number of carbonyl (C=O) groups is 1. The van der Waals surface area contributed by atoms with Crippen molar-refractivity contribution in [3.63, 3.8) is 0 Å². The van der Waals surface area contributed by atoms with E-state index in [4.69, 9.17) is 16.3 Å². The van der Waals surface area contributed by atoms with E-state index in [1.807, 2.05) is 45.2 Å². The molecule has 2 aromatic carbocycles. The Morgan fingerprint density at radius 2 is 1.92 bits per heavy atom. The third-order valence-corrected chi connectivity index (χ3v) is 3.62. The summed E-state index contributed by atoms with van der Waals surface area (Å²) in [5.74, 6) is 0.476. The lowest BCUT2D eigenvalue weighted by Crippen LogP contribution is -2.16. The number of ether oxygens (including phenoxy) is 1. The normalized spacial score (nSPS) is 11.8. The molecule has 2 rings (SSSR count). The molecule has 0 saturated carbocycles.